The zero-order chi connectivity index (χ0) is 11.0. The predicted octanol–water partition coefficient (Wildman–Crippen LogP) is 1.62. The molecule has 0 aromatic heterocycles. The number of rotatable bonds is 2. The molecule has 0 aromatic rings. The Morgan fingerprint density at radius 3 is 2.00 bits per heavy atom. The van der Waals surface area contributed by atoms with Crippen LogP contribution in [0.4, 0.5) is 0 Å². The first-order chi connectivity index (χ1) is 6.52. The van der Waals surface area contributed by atoms with Crippen molar-refractivity contribution in [1.29, 1.82) is 0 Å². The Morgan fingerprint density at radius 1 is 1.21 bits per heavy atom. The average Bonchev–Trinajstić information content (AvgIpc) is 2.03. The summed E-state index contributed by atoms with van der Waals surface area (Å²) in [7, 11) is 0. The van der Waals surface area contributed by atoms with Crippen LogP contribution in [0.1, 0.15) is 40.0 Å². The Morgan fingerprint density at radius 2 is 1.64 bits per heavy atom. The highest BCUT2D eigenvalue weighted by Gasteiger charge is 2.10. The summed E-state index contributed by atoms with van der Waals surface area (Å²) in [5.41, 5.74) is 5.04. The molecular formula is C11H24N2O. The van der Waals surface area contributed by atoms with Crippen LogP contribution in [0.5, 0.6) is 0 Å². The summed E-state index contributed by atoms with van der Waals surface area (Å²) < 4.78 is 0. The van der Waals surface area contributed by atoms with Gasteiger partial charge < -0.3 is 5.73 Å². The van der Waals surface area contributed by atoms with Crippen LogP contribution < -0.4 is 5.73 Å². The Balaban J connectivity index is 0.000000364. The number of amides is 1. The van der Waals surface area contributed by atoms with E-state index in [1.807, 2.05) is 0 Å². The topological polar surface area (TPSA) is 46.3 Å². The van der Waals surface area contributed by atoms with Gasteiger partial charge in [-0.3, -0.25) is 9.69 Å². The van der Waals surface area contributed by atoms with E-state index in [-0.39, 0.29) is 5.91 Å². The molecule has 0 aromatic carbocycles. The van der Waals surface area contributed by atoms with Crippen LogP contribution in [-0.4, -0.2) is 30.4 Å². The normalized spacial score (nSPS) is 17.4. The third-order valence-corrected chi connectivity index (χ3v) is 1.83. The van der Waals surface area contributed by atoms with Gasteiger partial charge >= 0.3 is 0 Å². The fraction of sp³-hybridized carbons (Fsp3) is 0.909. The monoisotopic (exact) mass is 200 g/mol. The number of primary amides is 1. The van der Waals surface area contributed by atoms with E-state index in [0.29, 0.717) is 6.54 Å². The van der Waals surface area contributed by atoms with Crippen LogP contribution in [0.2, 0.25) is 0 Å². The molecule has 1 rings (SSSR count). The molecule has 0 spiro atoms. The summed E-state index contributed by atoms with van der Waals surface area (Å²) in [6.07, 6.45) is 3.73. The summed E-state index contributed by atoms with van der Waals surface area (Å²) in [5, 5.41) is 0. The maximum absolute atomic E-state index is 10.4. The minimum Gasteiger partial charge on any atom is -0.369 e. The van der Waals surface area contributed by atoms with E-state index in [2.05, 4.69) is 25.7 Å². The molecule has 3 nitrogen and oxygen atoms in total. The van der Waals surface area contributed by atoms with E-state index in [4.69, 9.17) is 5.73 Å². The van der Waals surface area contributed by atoms with Crippen molar-refractivity contribution in [3.8, 4) is 0 Å². The van der Waals surface area contributed by atoms with Gasteiger partial charge in [0, 0.05) is 0 Å². The molecule has 0 atom stereocenters. The van der Waals surface area contributed by atoms with Gasteiger partial charge in [0.1, 0.15) is 0 Å². The highest BCUT2D eigenvalue weighted by atomic mass is 16.1. The molecule has 1 saturated heterocycles. The number of piperidine rings is 1. The predicted molar refractivity (Wildman–Crippen MR) is 60.0 cm³/mol. The number of hydrogen-bond acceptors (Lipinski definition) is 2. The maximum Gasteiger partial charge on any atom is 0.231 e. The van der Waals surface area contributed by atoms with Gasteiger partial charge in [-0.1, -0.05) is 27.2 Å². The Hall–Kier alpha value is -0.570. The van der Waals surface area contributed by atoms with Crippen molar-refractivity contribution >= 4 is 5.91 Å². The molecule has 0 radical (unpaired) electrons. The molecule has 1 heterocycles. The lowest BCUT2D eigenvalue weighted by Crippen LogP contribution is -2.37. The first-order valence-electron chi connectivity index (χ1n) is 5.53. The first-order valence-corrected chi connectivity index (χ1v) is 5.53. The number of likely N-dealkylation sites (tertiary alicyclic amines) is 1. The SMILES string of the molecule is CC(C)C.NC(=O)CN1CCCCC1. The first kappa shape index (κ1) is 13.4. The number of hydrogen-bond donors (Lipinski definition) is 1. The molecule has 14 heavy (non-hydrogen) atoms. The van der Waals surface area contributed by atoms with Crippen molar-refractivity contribution in [2.75, 3.05) is 19.6 Å². The molecule has 3 heteroatoms. The molecule has 0 unspecified atom stereocenters. The molecular weight excluding hydrogens is 176 g/mol. The van der Waals surface area contributed by atoms with Crippen LogP contribution in [-0.2, 0) is 4.79 Å². The van der Waals surface area contributed by atoms with Gasteiger partial charge in [0.15, 0.2) is 0 Å². The zero-order valence-corrected chi connectivity index (χ0v) is 9.75. The van der Waals surface area contributed by atoms with E-state index in [0.717, 1.165) is 19.0 Å². The van der Waals surface area contributed by atoms with Crippen molar-refractivity contribution in [3.05, 3.63) is 0 Å². The Labute approximate surface area is 87.6 Å². The van der Waals surface area contributed by atoms with E-state index < -0.39 is 0 Å². The van der Waals surface area contributed by atoms with Gasteiger partial charge in [-0.15, -0.1) is 0 Å². The van der Waals surface area contributed by atoms with Crippen molar-refractivity contribution < 1.29 is 4.79 Å². The Bertz CT molecular complexity index is 149. The van der Waals surface area contributed by atoms with Gasteiger partial charge in [-0.25, -0.2) is 0 Å². The van der Waals surface area contributed by atoms with Crippen LogP contribution in [0.15, 0.2) is 0 Å². The van der Waals surface area contributed by atoms with E-state index in [1.165, 1.54) is 19.3 Å². The van der Waals surface area contributed by atoms with Crippen molar-refractivity contribution in [1.82, 2.24) is 4.90 Å². The fourth-order valence-electron chi connectivity index (χ4n) is 1.34. The molecule has 1 aliphatic heterocycles. The summed E-state index contributed by atoms with van der Waals surface area (Å²) in [5.74, 6) is 0.627. The third-order valence-electron chi connectivity index (χ3n) is 1.83. The molecule has 0 saturated carbocycles. The quantitative estimate of drug-likeness (QED) is 0.736. The minimum atomic E-state index is -0.207. The smallest absolute Gasteiger partial charge is 0.231 e. The number of nitrogens with zero attached hydrogens (tertiary/aromatic N) is 1. The molecule has 1 amide bonds. The van der Waals surface area contributed by atoms with Gasteiger partial charge in [-0.2, -0.15) is 0 Å². The molecule has 1 fully saturated rings. The third kappa shape index (κ3) is 9.52. The number of nitrogens with two attached hydrogens (primary N) is 1. The summed E-state index contributed by atoms with van der Waals surface area (Å²) in [4.78, 5) is 12.6. The lowest BCUT2D eigenvalue weighted by atomic mass is 10.1. The van der Waals surface area contributed by atoms with Crippen molar-refractivity contribution in [2.24, 2.45) is 11.7 Å². The fourth-order valence-corrected chi connectivity index (χ4v) is 1.34. The van der Waals surface area contributed by atoms with Gasteiger partial charge in [0.2, 0.25) is 5.91 Å². The number of carbonyl (C=O) groups excluding carboxylic acids is 1. The molecule has 2 N–H and O–H groups in total. The second-order valence-corrected chi connectivity index (χ2v) is 4.54. The second-order valence-electron chi connectivity index (χ2n) is 4.54. The van der Waals surface area contributed by atoms with Crippen LogP contribution in [0, 0.1) is 5.92 Å². The van der Waals surface area contributed by atoms with Crippen LogP contribution >= 0.6 is 0 Å². The molecule has 84 valence electrons. The van der Waals surface area contributed by atoms with Gasteiger partial charge in [0.25, 0.3) is 0 Å². The van der Waals surface area contributed by atoms with Crippen LogP contribution in [0.25, 0.3) is 0 Å². The lowest BCUT2D eigenvalue weighted by Gasteiger charge is -2.24. The summed E-state index contributed by atoms with van der Waals surface area (Å²) in [6.45, 7) is 9.03. The largest absolute Gasteiger partial charge is 0.369 e. The summed E-state index contributed by atoms with van der Waals surface area (Å²) >= 11 is 0. The van der Waals surface area contributed by atoms with Crippen molar-refractivity contribution in [2.45, 2.75) is 40.0 Å². The highest BCUT2D eigenvalue weighted by Crippen LogP contribution is 2.06. The van der Waals surface area contributed by atoms with E-state index in [1.54, 1.807) is 0 Å². The van der Waals surface area contributed by atoms with E-state index >= 15 is 0 Å². The van der Waals surface area contributed by atoms with Gasteiger partial charge in [0.05, 0.1) is 6.54 Å². The van der Waals surface area contributed by atoms with Gasteiger partial charge in [-0.05, 0) is 31.8 Å². The second kappa shape index (κ2) is 7.80. The van der Waals surface area contributed by atoms with E-state index in [9.17, 15) is 4.79 Å². The lowest BCUT2D eigenvalue weighted by molar-refractivity contribution is -0.119. The highest BCUT2D eigenvalue weighted by molar-refractivity contribution is 5.75. The van der Waals surface area contributed by atoms with Crippen LogP contribution in [0.3, 0.4) is 0 Å². The minimum absolute atomic E-state index is 0.207. The maximum atomic E-state index is 10.4. The Kier molecular flexibility index (Phi) is 7.48. The summed E-state index contributed by atoms with van der Waals surface area (Å²) in [6, 6.07) is 0. The average molecular weight is 200 g/mol. The number of carbonyl (C=O) groups is 1. The zero-order valence-electron chi connectivity index (χ0n) is 9.75. The van der Waals surface area contributed by atoms with Crippen molar-refractivity contribution in [3.63, 3.8) is 0 Å². The molecule has 0 aliphatic carbocycles. The molecule has 1 aliphatic rings. The molecule has 0 bridgehead atoms. The standard InChI is InChI=1S/C7H14N2O.C4H10/c8-7(10)6-9-4-2-1-3-5-9;1-4(2)3/h1-6H2,(H2,8,10);4H,1-3H3.